The molecule has 5 nitrogen and oxygen atoms in total. The van der Waals surface area contributed by atoms with Crippen molar-refractivity contribution in [2.45, 2.75) is 4.90 Å². The maximum atomic E-state index is 13.1. The molecule has 1 N–H and O–H groups in total. The van der Waals surface area contributed by atoms with E-state index >= 15 is 0 Å². The number of carbonyl (C=O) groups excluding carboxylic acids is 1. The highest BCUT2D eigenvalue weighted by atomic mass is 79.9. The van der Waals surface area contributed by atoms with Gasteiger partial charge in [-0.15, -0.1) is 0 Å². The Hall–Kier alpha value is -1.77. The van der Waals surface area contributed by atoms with Crippen LogP contribution in [0.2, 0.25) is 0 Å². The molecule has 0 aliphatic rings. The normalized spacial score (nSPS) is 11.5. The number of rotatable bonds is 4. The number of sulfonamides is 1. The molecule has 0 heterocycles. The Kier molecular flexibility index (Phi) is 5.18. The second-order valence-corrected chi connectivity index (χ2v) is 7.87. The van der Waals surface area contributed by atoms with E-state index in [0.717, 1.165) is 4.31 Å². The third kappa shape index (κ3) is 3.95. The van der Waals surface area contributed by atoms with Crippen LogP contribution >= 0.6 is 15.9 Å². The molecule has 122 valence electrons. The molecule has 0 saturated heterocycles. The number of carbonyl (C=O) groups is 1. The predicted molar refractivity (Wildman–Crippen MR) is 89.4 cm³/mol. The Bertz CT molecular complexity index is 854. The van der Waals surface area contributed by atoms with Crippen LogP contribution < -0.4 is 5.32 Å². The molecule has 0 spiro atoms. The molecule has 0 bridgehead atoms. The van der Waals surface area contributed by atoms with Crippen molar-refractivity contribution in [3.8, 4) is 0 Å². The summed E-state index contributed by atoms with van der Waals surface area (Å²) < 4.78 is 39.0. The third-order valence-electron chi connectivity index (χ3n) is 3.03. The fourth-order valence-corrected chi connectivity index (χ4v) is 3.65. The highest BCUT2D eigenvalue weighted by Crippen LogP contribution is 2.25. The van der Waals surface area contributed by atoms with Gasteiger partial charge in [0.1, 0.15) is 5.82 Å². The van der Waals surface area contributed by atoms with Crippen molar-refractivity contribution in [2.75, 3.05) is 19.4 Å². The fourth-order valence-electron chi connectivity index (χ4n) is 1.81. The topological polar surface area (TPSA) is 66.5 Å². The Labute approximate surface area is 142 Å². The lowest BCUT2D eigenvalue weighted by Gasteiger charge is -2.14. The quantitative estimate of drug-likeness (QED) is 0.857. The van der Waals surface area contributed by atoms with Gasteiger partial charge in [-0.1, -0.05) is 6.07 Å². The Morgan fingerprint density at radius 3 is 2.48 bits per heavy atom. The van der Waals surface area contributed by atoms with E-state index in [1.807, 2.05) is 0 Å². The van der Waals surface area contributed by atoms with Crippen LogP contribution in [0.5, 0.6) is 0 Å². The monoisotopic (exact) mass is 400 g/mol. The molecule has 0 unspecified atom stereocenters. The number of benzene rings is 2. The van der Waals surface area contributed by atoms with Crippen molar-refractivity contribution in [3.05, 3.63) is 58.3 Å². The molecule has 0 aliphatic heterocycles. The molecule has 2 aromatic rings. The maximum absolute atomic E-state index is 13.1. The average molecular weight is 401 g/mol. The SMILES string of the molecule is CN(C)S(=O)(=O)c1cc(C(=O)Nc2cccc(F)c2)ccc1Br. The van der Waals surface area contributed by atoms with Gasteiger partial charge >= 0.3 is 0 Å². The number of nitrogens with zero attached hydrogens (tertiary/aromatic N) is 1. The summed E-state index contributed by atoms with van der Waals surface area (Å²) >= 11 is 3.17. The van der Waals surface area contributed by atoms with Gasteiger partial charge in [-0.3, -0.25) is 4.79 Å². The van der Waals surface area contributed by atoms with Gasteiger partial charge in [0.15, 0.2) is 0 Å². The van der Waals surface area contributed by atoms with E-state index in [1.165, 1.54) is 56.6 Å². The van der Waals surface area contributed by atoms with Crippen LogP contribution in [0.15, 0.2) is 51.8 Å². The fraction of sp³-hybridized carbons (Fsp3) is 0.133. The van der Waals surface area contributed by atoms with Crippen molar-refractivity contribution in [1.82, 2.24) is 4.31 Å². The van der Waals surface area contributed by atoms with E-state index in [4.69, 9.17) is 0 Å². The molecule has 8 heteroatoms. The summed E-state index contributed by atoms with van der Waals surface area (Å²) in [5.74, 6) is -1.01. The smallest absolute Gasteiger partial charge is 0.255 e. The summed E-state index contributed by atoms with van der Waals surface area (Å²) in [5.41, 5.74) is 0.438. The van der Waals surface area contributed by atoms with Crippen LogP contribution in [0.3, 0.4) is 0 Å². The van der Waals surface area contributed by atoms with Crippen LogP contribution in [0.25, 0.3) is 0 Å². The van der Waals surface area contributed by atoms with Crippen LogP contribution in [-0.4, -0.2) is 32.7 Å². The Morgan fingerprint density at radius 1 is 1.17 bits per heavy atom. The standard InChI is InChI=1S/C15H14BrFN2O3S/c1-19(2)23(21,22)14-8-10(6-7-13(14)16)15(20)18-12-5-3-4-11(17)9-12/h3-9H,1-2H3,(H,18,20). The zero-order valence-electron chi connectivity index (χ0n) is 12.4. The molecular weight excluding hydrogens is 387 g/mol. The highest BCUT2D eigenvalue weighted by molar-refractivity contribution is 9.10. The highest BCUT2D eigenvalue weighted by Gasteiger charge is 2.22. The first-order valence-corrected chi connectivity index (χ1v) is 8.74. The van der Waals surface area contributed by atoms with E-state index in [1.54, 1.807) is 0 Å². The second kappa shape index (κ2) is 6.77. The number of amides is 1. The first kappa shape index (κ1) is 17.6. The van der Waals surface area contributed by atoms with E-state index in [0.29, 0.717) is 4.47 Å². The lowest BCUT2D eigenvalue weighted by atomic mass is 10.2. The molecule has 2 aromatic carbocycles. The zero-order chi connectivity index (χ0) is 17.2. The average Bonchev–Trinajstić information content (AvgIpc) is 2.47. The number of hydrogen-bond donors (Lipinski definition) is 1. The van der Waals surface area contributed by atoms with Gasteiger partial charge in [-0.05, 0) is 52.3 Å². The minimum Gasteiger partial charge on any atom is -0.322 e. The molecule has 0 fully saturated rings. The zero-order valence-corrected chi connectivity index (χ0v) is 14.8. The van der Waals surface area contributed by atoms with Gasteiger partial charge in [-0.25, -0.2) is 17.1 Å². The number of halogens is 2. The van der Waals surface area contributed by atoms with Gasteiger partial charge in [0.25, 0.3) is 5.91 Å². The Morgan fingerprint density at radius 2 is 1.87 bits per heavy atom. The van der Waals surface area contributed by atoms with Crippen molar-refractivity contribution in [3.63, 3.8) is 0 Å². The van der Waals surface area contributed by atoms with Crippen LogP contribution in [0, 0.1) is 5.82 Å². The number of nitrogens with one attached hydrogen (secondary N) is 1. The van der Waals surface area contributed by atoms with E-state index in [2.05, 4.69) is 21.2 Å². The first-order valence-electron chi connectivity index (χ1n) is 6.51. The summed E-state index contributed by atoms with van der Waals surface area (Å²) in [6, 6.07) is 9.68. The molecule has 0 aliphatic carbocycles. The molecule has 0 atom stereocenters. The van der Waals surface area contributed by atoms with Gasteiger partial charge < -0.3 is 5.32 Å². The van der Waals surface area contributed by atoms with Gasteiger partial charge in [-0.2, -0.15) is 0 Å². The number of hydrogen-bond acceptors (Lipinski definition) is 3. The summed E-state index contributed by atoms with van der Waals surface area (Å²) in [7, 11) is -0.889. The molecule has 2 rings (SSSR count). The van der Waals surface area contributed by atoms with Crippen molar-refractivity contribution in [1.29, 1.82) is 0 Å². The maximum Gasteiger partial charge on any atom is 0.255 e. The number of anilines is 1. The molecule has 23 heavy (non-hydrogen) atoms. The van der Waals surface area contributed by atoms with Crippen molar-refractivity contribution < 1.29 is 17.6 Å². The van der Waals surface area contributed by atoms with Gasteiger partial charge in [0.2, 0.25) is 10.0 Å². The van der Waals surface area contributed by atoms with E-state index < -0.39 is 21.7 Å². The minimum absolute atomic E-state index is 0.0191. The second-order valence-electron chi connectivity index (χ2n) is 4.90. The van der Waals surface area contributed by atoms with Crippen molar-refractivity contribution in [2.24, 2.45) is 0 Å². The van der Waals surface area contributed by atoms with Crippen LogP contribution in [-0.2, 0) is 10.0 Å². The summed E-state index contributed by atoms with van der Waals surface area (Å²) in [6.07, 6.45) is 0. The lowest BCUT2D eigenvalue weighted by Crippen LogP contribution is -2.23. The minimum atomic E-state index is -3.70. The molecule has 1 amide bonds. The van der Waals surface area contributed by atoms with Crippen molar-refractivity contribution >= 4 is 37.5 Å². The summed E-state index contributed by atoms with van der Waals surface area (Å²) in [4.78, 5) is 12.2. The van der Waals surface area contributed by atoms with E-state index in [-0.39, 0.29) is 16.1 Å². The Balaban J connectivity index is 2.36. The lowest BCUT2D eigenvalue weighted by molar-refractivity contribution is 0.102. The third-order valence-corrected chi connectivity index (χ3v) is 5.84. The van der Waals surface area contributed by atoms with E-state index in [9.17, 15) is 17.6 Å². The summed E-state index contributed by atoms with van der Waals surface area (Å²) in [6.45, 7) is 0. The van der Waals surface area contributed by atoms with Crippen LogP contribution in [0.4, 0.5) is 10.1 Å². The first-order chi connectivity index (χ1) is 10.7. The molecule has 0 aromatic heterocycles. The molecule has 0 saturated carbocycles. The predicted octanol–water partition coefficient (Wildman–Crippen LogP) is 3.09. The molecule has 0 radical (unpaired) electrons. The summed E-state index contributed by atoms with van der Waals surface area (Å²) in [5, 5.41) is 2.52. The largest absolute Gasteiger partial charge is 0.322 e. The van der Waals surface area contributed by atoms with Gasteiger partial charge in [0, 0.05) is 29.8 Å². The van der Waals surface area contributed by atoms with Gasteiger partial charge in [0.05, 0.1) is 4.90 Å². The molecular formula is C15H14BrFN2O3S. The van der Waals surface area contributed by atoms with Crippen LogP contribution in [0.1, 0.15) is 10.4 Å².